The van der Waals surface area contributed by atoms with Crippen LogP contribution < -0.4 is 0 Å². The molecular weight excluding hydrogens is 279 g/mol. The number of halogens is 2. The highest BCUT2D eigenvalue weighted by Crippen LogP contribution is 2.42. The van der Waals surface area contributed by atoms with Crippen LogP contribution in [0.4, 0.5) is 4.39 Å². The molecule has 16 heavy (non-hydrogen) atoms. The number of benzene rings is 1. The van der Waals surface area contributed by atoms with Crippen LogP contribution in [0.2, 0.25) is 0 Å². The second-order valence-corrected chi connectivity index (χ2v) is 4.76. The molecule has 1 aliphatic rings. The maximum Gasteiger partial charge on any atom is 0.315 e. The van der Waals surface area contributed by atoms with Crippen molar-refractivity contribution in [3.63, 3.8) is 0 Å². The first-order valence-electron chi connectivity index (χ1n) is 4.66. The van der Waals surface area contributed by atoms with E-state index in [1.54, 1.807) is 0 Å². The number of carbonyl (C=O) groups excluding carboxylic acids is 1. The second kappa shape index (κ2) is 3.66. The fourth-order valence-electron chi connectivity index (χ4n) is 1.89. The molecule has 0 unspecified atom stereocenters. The fraction of sp³-hybridized carbons (Fsp3) is 0.273. The van der Waals surface area contributed by atoms with Crippen LogP contribution in [0.5, 0.6) is 0 Å². The Labute approximate surface area is 99.4 Å². The Kier molecular flexibility index (Phi) is 2.58. The molecule has 0 radical (unpaired) electrons. The highest BCUT2D eigenvalue weighted by molar-refractivity contribution is 9.10. The van der Waals surface area contributed by atoms with Crippen LogP contribution in [0.3, 0.4) is 0 Å². The van der Waals surface area contributed by atoms with Crippen molar-refractivity contribution in [2.75, 3.05) is 0 Å². The number of ketones is 1. The van der Waals surface area contributed by atoms with E-state index < -0.39 is 17.2 Å². The lowest BCUT2D eigenvalue weighted by atomic mass is 9.63. The molecule has 5 heteroatoms. The summed E-state index contributed by atoms with van der Waals surface area (Å²) in [4.78, 5) is 22.1. The van der Waals surface area contributed by atoms with E-state index in [1.807, 2.05) is 0 Å². The third kappa shape index (κ3) is 1.55. The van der Waals surface area contributed by atoms with E-state index in [2.05, 4.69) is 15.9 Å². The third-order valence-electron chi connectivity index (χ3n) is 2.88. The molecule has 0 saturated heterocycles. The van der Waals surface area contributed by atoms with E-state index >= 15 is 0 Å². The van der Waals surface area contributed by atoms with Crippen LogP contribution in [0.25, 0.3) is 0 Å². The molecule has 1 fully saturated rings. The Morgan fingerprint density at radius 2 is 2.06 bits per heavy atom. The van der Waals surface area contributed by atoms with Crippen molar-refractivity contribution in [1.82, 2.24) is 0 Å². The minimum atomic E-state index is -1.22. The van der Waals surface area contributed by atoms with Crippen LogP contribution in [0.15, 0.2) is 22.7 Å². The standard InChI is InChI=1S/C11H8BrFO3/c12-8-2-1-6(3-9(8)13)11(10(15)16)4-7(14)5-11/h1-3H,4-5H2,(H,15,16). The molecule has 0 heterocycles. The van der Waals surface area contributed by atoms with Crippen LogP contribution in [0.1, 0.15) is 18.4 Å². The number of hydrogen-bond acceptors (Lipinski definition) is 2. The van der Waals surface area contributed by atoms with Crippen molar-refractivity contribution in [3.05, 3.63) is 34.1 Å². The fourth-order valence-corrected chi connectivity index (χ4v) is 2.14. The first-order chi connectivity index (χ1) is 7.45. The topological polar surface area (TPSA) is 54.4 Å². The summed E-state index contributed by atoms with van der Waals surface area (Å²) in [5, 5.41) is 9.13. The van der Waals surface area contributed by atoms with E-state index in [-0.39, 0.29) is 23.1 Å². The van der Waals surface area contributed by atoms with Crippen molar-refractivity contribution in [1.29, 1.82) is 0 Å². The van der Waals surface area contributed by atoms with Gasteiger partial charge in [0.2, 0.25) is 0 Å². The average molecular weight is 287 g/mol. The number of carbonyl (C=O) groups is 2. The van der Waals surface area contributed by atoms with E-state index in [1.165, 1.54) is 18.2 Å². The molecule has 0 bridgehead atoms. The number of rotatable bonds is 2. The number of carboxylic acid groups (broad SMARTS) is 1. The Hall–Kier alpha value is -1.23. The monoisotopic (exact) mass is 286 g/mol. The van der Waals surface area contributed by atoms with Gasteiger partial charge in [0, 0.05) is 12.8 Å². The van der Waals surface area contributed by atoms with Crippen molar-refractivity contribution < 1.29 is 19.1 Å². The summed E-state index contributed by atoms with van der Waals surface area (Å²) >= 11 is 3.00. The summed E-state index contributed by atoms with van der Waals surface area (Å²) in [5.74, 6) is -1.70. The quantitative estimate of drug-likeness (QED) is 0.907. The van der Waals surface area contributed by atoms with Crippen molar-refractivity contribution in [3.8, 4) is 0 Å². The van der Waals surface area contributed by atoms with E-state index in [9.17, 15) is 14.0 Å². The molecule has 1 aliphatic carbocycles. The molecule has 1 saturated carbocycles. The summed E-state index contributed by atoms with van der Waals surface area (Å²) in [6, 6.07) is 4.16. The zero-order chi connectivity index (χ0) is 11.9. The second-order valence-electron chi connectivity index (χ2n) is 3.91. The van der Waals surface area contributed by atoms with Gasteiger partial charge in [0.05, 0.1) is 4.47 Å². The van der Waals surface area contributed by atoms with Gasteiger partial charge < -0.3 is 5.11 Å². The number of carboxylic acids is 1. The molecule has 84 valence electrons. The van der Waals surface area contributed by atoms with Gasteiger partial charge in [-0.05, 0) is 33.6 Å². The molecule has 1 N–H and O–H groups in total. The summed E-state index contributed by atoms with van der Waals surface area (Å²) < 4.78 is 13.6. The lowest BCUT2D eigenvalue weighted by Gasteiger charge is -2.36. The van der Waals surface area contributed by atoms with E-state index in [0.717, 1.165) is 0 Å². The van der Waals surface area contributed by atoms with Gasteiger partial charge in [-0.1, -0.05) is 6.07 Å². The van der Waals surface area contributed by atoms with E-state index in [0.29, 0.717) is 5.56 Å². The summed E-state index contributed by atoms with van der Waals surface area (Å²) in [6.07, 6.45) is -0.104. The lowest BCUT2D eigenvalue weighted by molar-refractivity contribution is -0.153. The first kappa shape index (κ1) is 11.3. The Balaban J connectivity index is 2.45. The molecule has 0 spiro atoms. The Bertz CT molecular complexity index is 476. The highest BCUT2D eigenvalue weighted by atomic mass is 79.9. The van der Waals surface area contributed by atoms with Gasteiger partial charge in [-0.2, -0.15) is 0 Å². The molecule has 1 aromatic rings. The predicted octanol–water partition coefficient (Wildman–Crippen LogP) is 2.27. The van der Waals surface area contributed by atoms with Gasteiger partial charge in [0.25, 0.3) is 0 Å². The van der Waals surface area contributed by atoms with Crippen molar-refractivity contribution >= 4 is 27.7 Å². The molecule has 2 rings (SSSR count). The zero-order valence-electron chi connectivity index (χ0n) is 8.17. The number of aliphatic carboxylic acids is 1. The SMILES string of the molecule is O=C1CC(C(=O)O)(c2ccc(Br)c(F)c2)C1. The maximum absolute atomic E-state index is 13.3. The van der Waals surface area contributed by atoms with Crippen molar-refractivity contribution in [2.45, 2.75) is 18.3 Å². The minimum absolute atomic E-state index is 0.0522. The Morgan fingerprint density at radius 3 is 2.50 bits per heavy atom. The van der Waals surface area contributed by atoms with Gasteiger partial charge in [0.1, 0.15) is 17.0 Å². The first-order valence-corrected chi connectivity index (χ1v) is 5.46. The van der Waals surface area contributed by atoms with Gasteiger partial charge in [0.15, 0.2) is 0 Å². The number of Topliss-reactive ketones (excluding diaryl/α,β-unsaturated/α-hetero) is 1. The minimum Gasteiger partial charge on any atom is -0.481 e. The molecule has 1 aromatic carbocycles. The molecule has 0 amide bonds. The summed E-state index contributed by atoms with van der Waals surface area (Å²) in [6.45, 7) is 0. The average Bonchev–Trinajstić information content (AvgIpc) is 2.17. The smallest absolute Gasteiger partial charge is 0.315 e. The lowest BCUT2D eigenvalue weighted by Crippen LogP contribution is -2.48. The molecule has 0 aliphatic heterocycles. The van der Waals surface area contributed by atoms with Crippen LogP contribution in [0, 0.1) is 5.82 Å². The van der Waals surface area contributed by atoms with Gasteiger partial charge in [-0.25, -0.2) is 4.39 Å². The summed E-state index contributed by atoms with van der Waals surface area (Å²) in [5.41, 5.74) is -0.876. The van der Waals surface area contributed by atoms with Crippen molar-refractivity contribution in [2.24, 2.45) is 0 Å². The molecule has 3 nitrogen and oxygen atoms in total. The molecular formula is C11H8BrFO3. The molecule has 0 atom stereocenters. The van der Waals surface area contributed by atoms with Crippen LogP contribution in [-0.4, -0.2) is 16.9 Å². The van der Waals surface area contributed by atoms with Gasteiger partial charge in [-0.3, -0.25) is 9.59 Å². The Morgan fingerprint density at radius 1 is 1.44 bits per heavy atom. The van der Waals surface area contributed by atoms with Crippen LogP contribution >= 0.6 is 15.9 Å². The third-order valence-corrected chi connectivity index (χ3v) is 3.52. The van der Waals surface area contributed by atoms with E-state index in [4.69, 9.17) is 5.11 Å². The number of hydrogen-bond donors (Lipinski definition) is 1. The zero-order valence-corrected chi connectivity index (χ0v) is 9.75. The maximum atomic E-state index is 13.3. The largest absolute Gasteiger partial charge is 0.481 e. The summed E-state index contributed by atoms with van der Waals surface area (Å²) in [7, 11) is 0. The normalized spacial score (nSPS) is 18.0. The van der Waals surface area contributed by atoms with Gasteiger partial charge in [-0.15, -0.1) is 0 Å². The molecule has 0 aromatic heterocycles. The van der Waals surface area contributed by atoms with Crippen LogP contribution in [-0.2, 0) is 15.0 Å². The van der Waals surface area contributed by atoms with Gasteiger partial charge >= 0.3 is 5.97 Å². The predicted molar refractivity (Wildman–Crippen MR) is 57.7 cm³/mol. The highest BCUT2D eigenvalue weighted by Gasteiger charge is 2.51.